The molecular weight excluding hydrogens is 378 g/mol. The Morgan fingerprint density at radius 3 is 2.83 bits per heavy atom. The largest absolute Gasteiger partial charge is 0.466 e. The Kier molecular flexibility index (Phi) is 4.65. The molecule has 0 saturated carbocycles. The molecule has 0 unspecified atom stereocenters. The van der Waals surface area contributed by atoms with E-state index in [1.54, 1.807) is 11.0 Å². The number of nitrogens with one attached hydrogen (secondary N) is 1. The van der Waals surface area contributed by atoms with Crippen LogP contribution in [0.15, 0.2) is 46.8 Å². The number of fused-ring (bicyclic) bond motifs is 2. The molecule has 4 rings (SSSR count). The number of hydrogen-bond donors (Lipinski definition) is 1. The van der Waals surface area contributed by atoms with Crippen molar-refractivity contribution in [2.45, 2.75) is 25.2 Å². The summed E-state index contributed by atoms with van der Waals surface area (Å²) in [5, 5.41) is 14.0. The zero-order valence-electron chi connectivity index (χ0n) is 15.8. The molecule has 0 spiro atoms. The van der Waals surface area contributed by atoms with Crippen LogP contribution in [0.5, 0.6) is 0 Å². The van der Waals surface area contributed by atoms with E-state index in [1.165, 1.54) is 25.3 Å². The van der Waals surface area contributed by atoms with E-state index >= 15 is 0 Å². The van der Waals surface area contributed by atoms with Gasteiger partial charge in [-0.05, 0) is 18.4 Å². The number of carbonyl (C=O) groups excluding carboxylic acids is 3. The van der Waals surface area contributed by atoms with Crippen LogP contribution in [0.1, 0.15) is 30.7 Å². The number of allylic oxidation sites excluding steroid dienone is 2. The van der Waals surface area contributed by atoms with Crippen molar-refractivity contribution in [3.63, 3.8) is 0 Å². The average Bonchev–Trinajstić information content (AvgIpc) is 2.73. The molecule has 1 saturated heterocycles. The summed E-state index contributed by atoms with van der Waals surface area (Å²) in [6.45, 7) is 0.832. The molecule has 1 amide bonds. The van der Waals surface area contributed by atoms with Crippen molar-refractivity contribution in [1.29, 1.82) is 0 Å². The summed E-state index contributed by atoms with van der Waals surface area (Å²) in [5.74, 6) is -2.16. The molecule has 1 aromatic rings. The van der Waals surface area contributed by atoms with Crippen molar-refractivity contribution in [2.75, 3.05) is 20.2 Å². The molecule has 0 bridgehead atoms. The summed E-state index contributed by atoms with van der Waals surface area (Å²) >= 11 is 0. The summed E-state index contributed by atoms with van der Waals surface area (Å²) in [6.07, 6.45) is 1.57. The molecule has 9 heteroatoms. The van der Waals surface area contributed by atoms with Gasteiger partial charge < -0.3 is 15.0 Å². The second kappa shape index (κ2) is 7.16. The number of ether oxygens (including phenoxy) is 1. The zero-order chi connectivity index (χ0) is 20.7. The Morgan fingerprint density at radius 1 is 1.31 bits per heavy atom. The Morgan fingerprint density at radius 2 is 2.10 bits per heavy atom. The van der Waals surface area contributed by atoms with Crippen LogP contribution in [0, 0.1) is 10.1 Å². The molecule has 150 valence electrons. The smallest absolute Gasteiger partial charge is 0.337 e. The van der Waals surface area contributed by atoms with Gasteiger partial charge in [0.1, 0.15) is 5.70 Å². The van der Waals surface area contributed by atoms with Crippen molar-refractivity contribution in [3.8, 4) is 0 Å². The van der Waals surface area contributed by atoms with Crippen LogP contribution in [0.4, 0.5) is 5.69 Å². The van der Waals surface area contributed by atoms with Gasteiger partial charge in [0.2, 0.25) is 0 Å². The lowest BCUT2D eigenvalue weighted by Gasteiger charge is -2.43. The Labute approximate surface area is 166 Å². The molecule has 3 aliphatic rings. The fourth-order valence-electron chi connectivity index (χ4n) is 4.35. The molecule has 2 heterocycles. The first-order valence-electron chi connectivity index (χ1n) is 9.32. The predicted molar refractivity (Wildman–Crippen MR) is 100 cm³/mol. The minimum atomic E-state index is -0.889. The Balaban J connectivity index is 2.01. The first-order valence-corrected chi connectivity index (χ1v) is 9.32. The van der Waals surface area contributed by atoms with Crippen molar-refractivity contribution >= 4 is 23.3 Å². The number of benzene rings is 1. The van der Waals surface area contributed by atoms with E-state index in [2.05, 4.69) is 5.32 Å². The van der Waals surface area contributed by atoms with E-state index in [9.17, 15) is 24.5 Å². The number of non-ortho nitro benzene ring substituents is 1. The number of Topliss-reactive ketones (excluding diaryl/α,β-unsaturated/α-hetero) is 1. The van der Waals surface area contributed by atoms with Gasteiger partial charge in [0.25, 0.3) is 11.6 Å². The first kappa shape index (κ1) is 18.9. The number of carbonyl (C=O) groups is 3. The number of amides is 1. The van der Waals surface area contributed by atoms with Crippen molar-refractivity contribution in [3.05, 3.63) is 62.5 Å². The number of rotatable bonds is 3. The van der Waals surface area contributed by atoms with Crippen LogP contribution >= 0.6 is 0 Å². The fraction of sp³-hybridized carbons (Fsp3) is 0.350. The Bertz CT molecular complexity index is 1010. The lowest BCUT2D eigenvalue weighted by molar-refractivity contribution is -0.384. The number of esters is 1. The molecule has 0 aromatic heterocycles. The van der Waals surface area contributed by atoms with Gasteiger partial charge in [0.15, 0.2) is 5.78 Å². The van der Waals surface area contributed by atoms with Gasteiger partial charge in [0.05, 0.1) is 17.6 Å². The van der Waals surface area contributed by atoms with E-state index in [1.807, 2.05) is 0 Å². The summed E-state index contributed by atoms with van der Waals surface area (Å²) < 4.78 is 4.96. The second-order valence-electron chi connectivity index (χ2n) is 7.08. The minimum absolute atomic E-state index is 0.0409. The van der Waals surface area contributed by atoms with Crippen LogP contribution in [-0.2, 0) is 19.1 Å². The van der Waals surface area contributed by atoms with Gasteiger partial charge in [-0.2, -0.15) is 0 Å². The number of methoxy groups -OCH3 is 1. The fourth-order valence-corrected chi connectivity index (χ4v) is 4.35. The number of piperazine rings is 1. The summed E-state index contributed by atoms with van der Waals surface area (Å²) in [7, 11) is 1.21. The maximum Gasteiger partial charge on any atom is 0.337 e. The first-order chi connectivity index (χ1) is 13.9. The van der Waals surface area contributed by atoms with Crippen LogP contribution in [-0.4, -0.2) is 47.7 Å². The average molecular weight is 397 g/mol. The highest BCUT2D eigenvalue weighted by Crippen LogP contribution is 2.47. The maximum atomic E-state index is 12.9. The van der Waals surface area contributed by atoms with E-state index in [0.717, 1.165) is 5.70 Å². The third-order valence-electron chi connectivity index (χ3n) is 5.51. The molecule has 1 fully saturated rings. The topological polar surface area (TPSA) is 119 Å². The molecule has 29 heavy (non-hydrogen) atoms. The van der Waals surface area contributed by atoms with E-state index in [4.69, 9.17) is 4.74 Å². The molecule has 1 aliphatic carbocycles. The summed E-state index contributed by atoms with van der Waals surface area (Å²) in [4.78, 5) is 51.0. The minimum Gasteiger partial charge on any atom is -0.466 e. The third kappa shape index (κ3) is 2.98. The normalized spacial score (nSPS) is 21.4. The van der Waals surface area contributed by atoms with Crippen LogP contribution in [0.25, 0.3) is 0 Å². The lowest BCUT2D eigenvalue weighted by atomic mass is 9.74. The van der Waals surface area contributed by atoms with E-state index in [0.29, 0.717) is 43.5 Å². The number of nitro groups is 1. The zero-order valence-corrected chi connectivity index (χ0v) is 15.8. The van der Waals surface area contributed by atoms with E-state index < -0.39 is 22.7 Å². The van der Waals surface area contributed by atoms with Crippen LogP contribution in [0.3, 0.4) is 0 Å². The van der Waals surface area contributed by atoms with Gasteiger partial charge >= 0.3 is 5.97 Å². The second-order valence-corrected chi connectivity index (χ2v) is 7.08. The molecule has 0 radical (unpaired) electrons. The molecule has 9 nitrogen and oxygen atoms in total. The number of ketones is 1. The predicted octanol–water partition coefficient (Wildman–Crippen LogP) is 1.56. The van der Waals surface area contributed by atoms with Gasteiger partial charge in [-0.1, -0.05) is 12.1 Å². The van der Waals surface area contributed by atoms with Crippen LogP contribution in [0.2, 0.25) is 0 Å². The molecule has 1 N–H and O–H groups in total. The number of nitro benzene ring substituents is 1. The number of hydrogen-bond acceptors (Lipinski definition) is 7. The van der Waals surface area contributed by atoms with Gasteiger partial charge in [-0.15, -0.1) is 0 Å². The summed E-state index contributed by atoms with van der Waals surface area (Å²) in [6, 6.07) is 5.82. The molecule has 2 aliphatic heterocycles. The highest BCUT2D eigenvalue weighted by Gasteiger charge is 2.46. The van der Waals surface area contributed by atoms with Gasteiger partial charge in [-0.3, -0.25) is 19.7 Å². The van der Waals surface area contributed by atoms with Gasteiger partial charge in [-0.25, -0.2) is 4.79 Å². The maximum absolute atomic E-state index is 12.9. The molecule has 1 aromatic carbocycles. The van der Waals surface area contributed by atoms with Crippen LogP contribution < -0.4 is 5.32 Å². The Hall–Kier alpha value is -3.49. The van der Waals surface area contributed by atoms with E-state index in [-0.39, 0.29) is 22.7 Å². The quantitative estimate of drug-likeness (QED) is 0.467. The molecular formula is C20H19N3O6. The molecule has 1 atom stereocenters. The standard InChI is InChI=1S/C20H19N3O6/c1-29-20(26)17-15(11-4-2-5-12(10-11)23(27)28)16-13(6-3-7-14(16)24)22-9-8-21-19(25)18(17)22/h2,4-5,10,15H,3,6-9H2,1H3,(H,21,25)/t15-/m0/s1. The highest BCUT2D eigenvalue weighted by atomic mass is 16.6. The van der Waals surface area contributed by atoms with Crippen molar-refractivity contribution < 1.29 is 24.0 Å². The van der Waals surface area contributed by atoms with Gasteiger partial charge in [0, 0.05) is 48.8 Å². The monoisotopic (exact) mass is 397 g/mol. The lowest BCUT2D eigenvalue weighted by Crippen LogP contribution is -2.50. The number of nitrogens with zero attached hydrogens (tertiary/aromatic N) is 2. The third-order valence-corrected chi connectivity index (χ3v) is 5.51. The van der Waals surface area contributed by atoms with Crippen molar-refractivity contribution in [1.82, 2.24) is 10.2 Å². The van der Waals surface area contributed by atoms with Crippen molar-refractivity contribution in [2.24, 2.45) is 0 Å². The highest BCUT2D eigenvalue weighted by molar-refractivity contribution is 6.09. The SMILES string of the molecule is COC(=O)C1=C2C(=O)NCCN2C2=C(C(=O)CCC2)[C@@H]1c1cccc([N+](=O)[O-])c1. The summed E-state index contributed by atoms with van der Waals surface area (Å²) in [5.41, 5.74) is 1.60.